The number of allylic oxidation sites excluding steroid dienone is 1. The third-order valence-corrected chi connectivity index (χ3v) is 5.41. The molecule has 0 saturated carbocycles. The number of esters is 1. The molecule has 2 aromatic rings. The van der Waals surface area contributed by atoms with E-state index in [1.54, 1.807) is 50.4 Å². The quantitative estimate of drug-likeness (QED) is 0.469. The van der Waals surface area contributed by atoms with E-state index in [1.165, 1.54) is 12.0 Å². The van der Waals surface area contributed by atoms with Gasteiger partial charge in [0, 0.05) is 10.7 Å². The van der Waals surface area contributed by atoms with Gasteiger partial charge in [0.1, 0.15) is 0 Å². The van der Waals surface area contributed by atoms with Crippen molar-refractivity contribution in [3.05, 3.63) is 69.4 Å². The molecule has 0 spiro atoms. The standard InChI is InChI=1S/C24H24ClNO5/c1-6-31-20-10-8-16(12-21(20)29-4)11-18-22(24(28)30-5)15(3)26(23(18)27)17-9-7-14(2)19(25)13-17/h7-13H,6H2,1-5H3/b18-11-. The Hall–Kier alpha value is -3.25. The van der Waals surface area contributed by atoms with Crippen LogP contribution in [0.1, 0.15) is 25.0 Å². The van der Waals surface area contributed by atoms with E-state index in [4.69, 9.17) is 25.8 Å². The molecule has 162 valence electrons. The molecule has 0 bridgehead atoms. The highest BCUT2D eigenvalue weighted by atomic mass is 35.5. The van der Waals surface area contributed by atoms with Gasteiger partial charge in [0.2, 0.25) is 0 Å². The molecule has 1 amide bonds. The summed E-state index contributed by atoms with van der Waals surface area (Å²) >= 11 is 6.27. The summed E-state index contributed by atoms with van der Waals surface area (Å²) in [6.07, 6.45) is 1.64. The number of carbonyl (C=O) groups excluding carboxylic acids is 2. The number of benzene rings is 2. The van der Waals surface area contributed by atoms with Crippen LogP contribution in [0.3, 0.4) is 0 Å². The van der Waals surface area contributed by atoms with E-state index in [-0.39, 0.29) is 17.1 Å². The molecule has 31 heavy (non-hydrogen) atoms. The Balaban J connectivity index is 2.12. The molecule has 1 aliphatic heterocycles. The molecule has 3 rings (SSSR count). The van der Waals surface area contributed by atoms with E-state index in [2.05, 4.69) is 0 Å². The van der Waals surface area contributed by atoms with Crippen molar-refractivity contribution in [1.82, 2.24) is 0 Å². The number of anilines is 1. The maximum Gasteiger partial charge on any atom is 0.340 e. The van der Waals surface area contributed by atoms with Gasteiger partial charge in [0.05, 0.1) is 37.7 Å². The molecule has 0 N–H and O–H groups in total. The number of nitrogens with zero attached hydrogens (tertiary/aromatic N) is 1. The number of hydrogen-bond donors (Lipinski definition) is 0. The van der Waals surface area contributed by atoms with Gasteiger partial charge in [0.25, 0.3) is 5.91 Å². The predicted molar refractivity (Wildman–Crippen MR) is 121 cm³/mol. The average molecular weight is 442 g/mol. The lowest BCUT2D eigenvalue weighted by Gasteiger charge is -2.18. The van der Waals surface area contributed by atoms with Crippen molar-refractivity contribution in [3.63, 3.8) is 0 Å². The monoisotopic (exact) mass is 441 g/mol. The van der Waals surface area contributed by atoms with E-state index in [9.17, 15) is 9.59 Å². The second-order valence-corrected chi connectivity index (χ2v) is 7.33. The summed E-state index contributed by atoms with van der Waals surface area (Å²) in [5.74, 6) is 0.200. The van der Waals surface area contributed by atoms with Crippen molar-refractivity contribution in [3.8, 4) is 11.5 Å². The number of carbonyl (C=O) groups is 2. The smallest absolute Gasteiger partial charge is 0.340 e. The van der Waals surface area contributed by atoms with Gasteiger partial charge >= 0.3 is 5.97 Å². The summed E-state index contributed by atoms with van der Waals surface area (Å²) in [5.41, 5.74) is 3.06. The normalized spacial score (nSPS) is 15.0. The Morgan fingerprint density at radius 3 is 2.45 bits per heavy atom. The SMILES string of the molecule is CCOc1ccc(/C=C2\C(=O)N(c3ccc(C)c(Cl)c3)C(C)=C2C(=O)OC)cc1OC. The summed E-state index contributed by atoms with van der Waals surface area (Å²) in [5, 5.41) is 0.534. The van der Waals surface area contributed by atoms with Crippen LogP contribution in [0.2, 0.25) is 5.02 Å². The number of halogens is 1. The van der Waals surface area contributed by atoms with Crippen LogP contribution in [0.25, 0.3) is 6.08 Å². The summed E-state index contributed by atoms with van der Waals surface area (Å²) < 4.78 is 15.9. The highest BCUT2D eigenvalue weighted by molar-refractivity contribution is 6.32. The Bertz CT molecular complexity index is 1100. The lowest BCUT2D eigenvalue weighted by Crippen LogP contribution is -2.24. The molecule has 1 aliphatic rings. The van der Waals surface area contributed by atoms with Crippen molar-refractivity contribution < 1.29 is 23.8 Å². The van der Waals surface area contributed by atoms with Crippen LogP contribution in [-0.2, 0) is 14.3 Å². The van der Waals surface area contributed by atoms with Gasteiger partial charge < -0.3 is 14.2 Å². The summed E-state index contributed by atoms with van der Waals surface area (Å²) in [4.78, 5) is 27.4. The maximum atomic E-state index is 13.4. The molecule has 0 saturated heterocycles. The van der Waals surface area contributed by atoms with E-state index >= 15 is 0 Å². The molecule has 0 atom stereocenters. The van der Waals surface area contributed by atoms with Gasteiger partial charge in [-0.2, -0.15) is 0 Å². The second kappa shape index (κ2) is 9.27. The van der Waals surface area contributed by atoms with Crippen LogP contribution < -0.4 is 14.4 Å². The Morgan fingerprint density at radius 2 is 1.84 bits per heavy atom. The Labute approximate surface area is 186 Å². The molecule has 1 heterocycles. The average Bonchev–Trinajstić information content (AvgIpc) is 3.00. The number of ether oxygens (including phenoxy) is 3. The van der Waals surface area contributed by atoms with Crippen molar-refractivity contribution in [1.29, 1.82) is 0 Å². The van der Waals surface area contributed by atoms with Crippen LogP contribution >= 0.6 is 11.6 Å². The zero-order valence-corrected chi connectivity index (χ0v) is 18.9. The van der Waals surface area contributed by atoms with Crippen molar-refractivity contribution >= 4 is 35.2 Å². The highest BCUT2D eigenvalue weighted by Crippen LogP contribution is 2.37. The van der Waals surface area contributed by atoms with Crippen molar-refractivity contribution in [2.24, 2.45) is 0 Å². The van der Waals surface area contributed by atoms with Crippen LogP contribution in [0, 0.1) is 6.92 Å². The van der Waals surface area contributed by atoms with E-state index in [1.807, 2.05) is 19.9 Å². The molecule has 0 fully saturated rings. The summed E-state index contributed by atoms with van der Waals surface area (Å²) in [6.45, 7) is 5.97. The van der Waals surface area contributed by atoms with Gasteiger partial charge in [-0.05, 0) is 62.2 Å². The fourth-order valence-corrected chi connectivity index (χ4v) is 3.60. The van der Waals surface area contributed by atoms with Gasteiger partial charge in [-0.1, -0.05) is 23.7 Å². The highest BCUT2D eigenvalue weighted by Gasteiger charge is 2.38. The van der Waals surface area contributed by atoms with Crippen LogP contribution in [0.4, 0.5) is 5.69 Å². The first-order valence-electron chi connectivity index (χ1n) is 9.75. The lowest BCUT2D eigenvalue weighted by atomic mass is 10.0. The Kier molecular flexibility index (Phi) is 6.71. The third-order valence-electron chi connectivity index (χ3n) is 5.00. The molecule has 0 aliphatic carbocycles. The number of hydrogen-bond acceptors (Lipinski definition) is 5. The molecular formula is C24H24ClNO5. The minimum Gasteiger partial charge on any atom is -0.493 e. The number of rotatable bonds is 6. The third kappa shape index (κ3) is 4.30. The van der Waals surface area contributed by atoms with Gasteiger partial charge in [-0.15, -0.1) is 0 Å². The number of methoxy groups -OCH3 is 2. The molecule has 6 nitrogen and oxygen atoms in total. The maximum absolute atomic E-state index is 13.4. The first kappa shape index (κ1) is 22.4. The number of amides is 1. The summed E-state index contributed by atoms with van der Waals surface area (Å²) in [7, 11) is 2.83. The zero-order chi connectivity index (χ0) is 22.7. The largest absolute Gasteiger partial charge is 0.493 e. The Morgan fingerprint density at radius 1 is 1.10 bits per heavy atom. The fourth-order valence-electron chi connectivity index (χ4n) is 3.43. The van der Waals surface area contributed by atoms with Crippen LogP contribution in [0.15, 0.2) is 53.2 Å². The minimum absolute atomic E-state index is 0.206. The van der Waals surface area contributed by atoms with E-state index in [0.29, 0.717) is 40.1 Å². The second-order valence-electron chi connectivity index (χ2n) is 6.93. The first-order chi connectivity index (χ1) is 14.8. The fraction of sp³-hybridized carbons (Fsp3) is 0.250. The molecule has 7 heteroatoms. The first-order valence-corrected chi connectivity index (χ1v) is 10.1. The van der Waals surface area contributed by atoms with Crippen LogP contribution in [0.5, 0.6) is 11.5 Å². The van der Waals surface area contributed by atoms with Crippen LogP contribution in [-0.4, -0.2) is 32.7 Å². The van der Waals surface area contributed by atoms with Crippen molar-refractivity contribution in [2.45, 2.75) is 20.8 Å². The summed E-state index contributed by atoms with van der Waals surface area (Å²) in [6, 6.07) is 10.6. The van der Waals surface area contributed by atoms with Gasteiger partial charge in [0.15, 0.2) is 11.5 Å². The van der Waals surface area contributed by atoms with Crippen molar-refractivity contribution in [2.75, 3.05) is 25.7 Å². The minimum atomic E-state index is -0.587. The molecule has 0 aromatic heterocycles. The van der Waals surface area contributed by atoms with E-state index < -0.39 is 5.97 Å². The molecule has 2 aromatic carbocycles. The zero-order valence-electron chi connectivity index (χ0n) is 18.1. The molecule has 0 radical (unpaired) electrons. The predicted octanol–water partition coefficient (Wildman–Crippen LogP) is 4.93. The van der Waals surface area contributed by atoms with E-state index in [0.717, 1.165) is 5.56 Å². The van der Waals surface area contributed by atoms with Gasteiger partial charge in [-0.3, -0.25) is 9.69 Å². The number of aryl methyl sites for hydroxylation is 1. The van der Waals surface area contributed by atoms with Gasteiger partial charge in [-0.25, -0.2) is 4.79 Å². The lowest BCUT2D eigenvalue weighted by molar-refractivity contribution is -0.136. The molecular weight excluding hydrogens is 418 g/mol. The molecule has 0 unspecified atom stereocenters. The topological polar surface area (TPSA) is 65.1 Å².